The summed E-state index contributed by atoms with van der Waals surface area (Å²) in [6, 6.07) is -0.362. The van der Waals surface area contributed by atoms with Gasteiger partial charge < -0.3 is 25.4 Å². The van der Waals surface area contributed by atoms with Crippen LogP contribution in [0.1, 0.15) is 13.3 Å². The van der Waals surface area contributed by atoms with Gasteiger partial charge in [-0.25, -0.2) is 0 Å². The Morgan fingerprint density at radius 3 is 2.82 bits per heavy atom. The molecule has 7 heteroatoms. The number of amidine groups is 1. The van der Waals surface area contributed by atoms with Crippen molar-refractivity contribution in [1.82, 2.24) is 5.32 Å². The van der Waals surface area contributed by atoms with E-state index in [1.165, 1.54) is 11.8 Å². The van der Waals surface area contributed by atoms with Gasteiger partial charge in [-0.3, -0.25) is 4.99 Å². The quantitative estimate of drug-likeness (QED) is 0.466. The Morgan fingerprint density at radius 1 is 1.53 bits per heavy atom. The number of nitrogens with zero attached hydrogens (tertiary/aromatic N) is 1. The lowest BCUT2D eigenvalue weighted by molar-refractivity contribution is -0.181. The highest BCUT2D eigenvalue weighted by molar-refractivity contribution is 8.14. The molecular formula is C10H16N2O4S. The molecule has 0 radical (unpaired) electrons. The monoisotopic (exact) mass is 260 g/mol. The van der Waals surface area contributed by atoms with Crippen LogP contribution in [0.25, 0.3) is 0 Å². The van der Waals surface area contributed by atoms with Crippen molar-refractivity contribution in [3.8, 4) is 0 Å². The first kappa shape index (κ1) is 11.7. The number of thioether (sulfide) groups is 1. The molecule has 0 amide bonds. The normalized spacial score (nSPS) is 54.8. The third kappa shape index (κ3) is 1.61. The predicted octanol–water partition coefficient (Wildman–Crippen LogP) is -1.35. The first-order chi connectivity index (χ1) is 8.08. The van der Waals surface area contributed by atoms with Gasteiger partial charge in [-0.05, 0) is 6.92 Å². The molecule has 6 nitrogen and oxygen atoms in total. The second-order valence-electron chi connectivity index (χ2n) is 4.66. The van der Waals surface area contributed by atoms with E-state index in [9.17, 15) is 15.3 Å². The molecule has 3 fully saturated rings. The second-order valence-corrected chi connectivity index (χ2v) is 5.75. The van der Waals surface area contributed by atoms with E-state index in [2.05, 4.69) is 10.3 Å². The van der Waals surface area contributed by atoms with E-state index < -0.39 is 23.9 Å². The minimum atomic E-state index is -1.05. The average Bonchev–Trinajstić information content (AvgIpc) is 2.74. The molecule has 0 aromatic heterocycles. The second kappa shape index (κ2) is 3.83. The molecule has 4 N–H and O–H groups in total. The number of nitrogens with one attached hydrogen (secondary N) is 1. The van der Waals surface area contributed by atoms with Crippen LogP contribution in [0.2, 0.25) is 0 Å². The zero-order chi connectivity index (χ0) is 12.2. The molecule has 2 unspecified atom stereocenters. The number of ether oxygens (including phenoxy) is 1. The summed E-state index contributed by atoms with van der Waals surface area (Å²) in [5.41, 5.74) is -1.26. The fourth-order valence-corrected chi connectivity index (χ4v) is 3.69. The molecule has 1 spiro atoms. The molecule has 0 bridgehead atoms. The van der Waals surface area contributed by atoms with Crippen LogP contribution in [0.4, 0.5) is 0 Å². The Morgan fingerprint density at radius 2 is 2.24 bits per heavy atom. The van der Waals surface area contributed by atoms with Gasteiger partial charge in [0.05, 0.1) is 12.1 Å². The molecule has 2 saturated heterocycles. The van der Waals surface area contributed by atoms with Crippen LogP contribution in [0.15, 0.2) is 4.99 Å². The summed E-state index contributed by atoms with van der Waals surface area (Å²) < 4.78 is 5.74. The SMILES string of the molecule is CCN=C1N[C@@H]2[C@@H](O)[C@H](O)C3(CC3O)O[C@@H]2S1. The lowest BCUT2D eigenvalue weighted by atomic mass is 9.96. The van der Waals surface area contributed by atoms with Crippen molar-refractivity contribution < 1.29 is 20.1 Å². The Hall–Kier alpha value is -0.340. The highest BCUT2D eigenvalue weighted by Crippen LogP contribution is 2.51. The van der Waals surface area contributed by atoms with E-state index in [-0.39, 0.29) is 11.5 Å². The smallest absolute Gasteiger partial charge is 0.159 e. The Labute approximate surface area is 103 Å². The zero-order valence-corrected chi connectivity index (χ0v) is 10.2. The minimum Gasteiger partial charge on any atom is -0.390 e. The first-order valence-electron chi connectivity index (χ1n) is 5.78. The lowest BCUT2D eigenvalue weighted by Crippen LogP contribution is -2.61. The standard InChI is InChI=1S/C10H16N2O4S/c1-2-11-9-12-5-6(14)7(15)10(3-4(10)13)16-8(5)17-9/h4-8,13-15H,2-3H2,1H3,(H,11,12)/t4?,5-,6-,7+,8-,10?/m1/s1. The maximum absolute atomic E-state index is 10.1. The van der Waals surface area contributed by atoms with E-state index in [1.54, 1.807) is 0 Å². The van der Waals surface area contributed by atoms with E-state index in [0.29, 0.717) is 13.0 Å². The minimum absolute atomic E-state index is 0.296. The topological polar surface area (TPSA) is 94.3 Å². The van der Waals surface area contributed by atoms with Gasteiger partial charge in [-0.15, -0.1) is 0 Å². The van der Waals surface area contributed by atoms with Crippen molar-refractivity contribution in [3.05, 3.63) is 0 Å². The van der Waals surface area contributed by atoms with Gasteiger partial charge in [-0.1, -0.05) is 11.8 Å². The fraction of sp³-hybridized carbons (Fsp3) is 0.900. The molecule has 3 aliphatic rings. The average molecular weight is 260 g/mol. The Kier molecular flexibility index (Phi) is 2.64. The molecule has 0 aromatic rings. The number of hydrogen-bond donors (Lipinski definition) is 4. The summed E-state index contributed by atoms with van der Waals surface area (Å²) in [4.78, 5) is 4.23. The van der Waals surface area contributed by atoms with Crippen LogP contribution in [-0.2, 0) is 4.74 Å². The molecule has 0 aromatic carbocycles. The fourth-order valence-electron chi connectivity index (χ4n) is 2.46. The summed E-state index contributed by atoms with van der Waals surface area (Å²) in [6.07, 6.45) is -2.29. The van der Waals surface area contributed by atoms with Crippen molar-refractivity contribution >= 4 is 16.9 Å². The number of aliphatic imine (C=N–C) groups is 1. The van der Waals surface area contributed by atoms with Crippen LogP contribution >= 0.6 is 11.8 Å². The molecule has 6 atom stereocenters. The van der Waals surface area contributed by atoms with Crippen LogP contribution in [0.5, 0.6) is 0 Å². The molecule has 96 valence electrons. The van der Waals surface area contributed by atoms with Crippen LogP contribution in [0, 0.1) is 0 Å². The lowest BCUT2D eigenvalue weighted by Gasteiger charge is -2.39. The van der Waals surface area contributed by atoms with Gasteiger partial charge >= 0.3 is 0 Å². The van der Waals surface area contributed by atoms with Crippen molar-refractivity contribution in [2.24, 2.45) is 4.99 Å². The van der Waals surface area contributed by atoms with Gasteiger partial charge in [0, 0.05) is 13.0 Å². The third-order valence-corrected chi connectivity index (χ3v) is 4.65. The van der Waals surface area contributed by atoms with Gasteiger partial charge in [0.1, 0.15) is 23.2 Å². The van der Waals surface area contributed by atoms with Crippen LogP contribution < -0.4 is 5.32 Å². The van der Waals surface area contributed by atoms with Gasteiger partial charge in [0.2, 0.25) is 0 Å². The molecule has 17 heavy (non-hydrogen) atoms. The largest absolute Gasteiger partial charge is 0.390 e. The summed E-state index contributed by atoms with van der Waals surface area (Å²) in [5.74, 6) is 0. The van der Waals surface area contributed by atoms with Crippen molar-refractivity contribution in [1.29, 1.82) is 0 Å². The van der Waals surface area contributed by atoms with Gasteiger partial charge in [-0.2, -0.15) is 0 Å². The maximum atomic E-state index is 10.1. The summed E-state index contributed by atoms with van der Waals surface area (Å²) >= 11 is 1.40. The van der Waals surface area contributed by atoms with Gasteiger partial charge in [0.25, 0.3) is 0 Å². The highest BCUT2D eigenvalue weighted by Gasteiger charge is 2.68. The highest BCUT2D eigenvalue weighted by atomic mass is 32.2. The Bertz CT molecular complexity index is 366. The molecular weight excluding hydrogens is 244 g/mol. The van der Waals surface area contributed by atoms with E-state index in [4.69, 9.17) is 4.74 Å². The van der Waals surface area contributed by atoms with Crippen molar-refractivity contribution in [3.63, 3.8) is 0 Å². The molecule has 1 saturated carbocycles. The van der Waals surface area contributed by atoms with Crippen LogP contribution in [-0.4, -0.2) is 62.4 Å². The number of aliphatic hydroxyl groups excluding tert-OH is 3. The summed E-state index contributed by atoms with van der Waals surface area (Å²) in [7, 11) is 0. The summed E-state index contributed by atoms with van der Waals surface area (Å²) in [5, 5.41) is 33.4. The van der Waals surface area contributed by atoms with Crippen molar-refractivity contribution in [2.75, 3.05) is 6.54 Å². The molecule has 2 heterocycles. The molecule has 2 aliphatic heterocycles. The Balaban J connectivity index is 1.81. The molecule has 3 rings (SSSR count). The number of aliphatic hydroxyl groups is 3. The van der Waals surface area contributed by atoms with Crippen molar-refractivity contribution in [2.45, 2.75) is 48.7 Å². The predicted molar refractivity (Wildman–Crippen MR) is 62.7 cm³/mol. The number of fused-ring (bicyclic) bond motifs is 1. The maximum Gasteiger partial charge on any atom is 0.159 e. The number of rotatable bonds is 1. The van der Waals surface area contributed by atoms with Crippen LogP contribution in [0.3, 0.4) is 0 Å². The third-order valence-electron chi connectivity index (χ3n) is 3.56. The van der Waals surface area contributed by atoms with E-state index in [0.717, 1.165) is 5.17 Å². The number of hydrogen-bond acceptors (Lipinski definition) is 6. The summed E-state index contributed by atoms with van der Waals surface area (Å²) in [6.45, 7) is 2.58. The first-order valence-corrected chi connectivity index (χ1v) is 6.66. The van der Waals surface area contributed by atoms with E-state index in [1.807, 2.05) is 6.92 Å². The van der Waals surface area contributed by atoms with Gasteiger partial charge in [0.15, 0.2) is 5.17 Å². The zero-order valence-electron chi connectivity index (χ0n) is 9.41. The van der Waals surface area contributed by atoms with E-state index >= 15 is 0 Å². The molecule has 1 aliphatic carbocycles.